The zero-order valence-corrected chi connectivity index (χ0v) is 8.09. The van der Waals surface area contributed by atoms with Crippen molar-refractivity contribution in [2.45, 2.75) is 23.6 Å². The third-order valence-corrected chi connectivity index (χ3v) is 3.73. The highest BCUT2D eigenvalue weighted by Gasteiger charge is 2.53. The summed E-state index contributed by atoms with van der Waals surface area (Å²) >= 11 is 11.9. The molecule has 1 heterocycles. The van der Waals surface area contributed by atoms with E-state index in [1.807, 2.05) is 0 Å². The summed E-state index contributed by atoms with van der Waals surface area (Å²) in [5, 5.41) is 0. The van der Waals surface area contributed by atoms with Crippen LogP contribution in [0, 0.1) is 5.92 Å². The third kappa shape index (κ3) is 1.82. The summed E-state index contributed by atoms with van der Waals surface area (Å²) in [6, 6.07) is 0. The van der Waals surface area contributed by atoms with Gasteiger partial charge in [-0.25, -0.2) is 0 Å². The number of quaternary nitrogens is 1. The van der Waals surface area contributed by atoms with Gasteiger partial charge < -0.3 is 4.90 Å². The highest BCUT2D eigenvalue weighted by atomic mass is 35.5. The number of alkyl halides is 2. The molecule has 64 valence electrons. The third-order valence-electron chi connectivity index (χ3n) is 2.80. The highest BCUT2D eigenvalue weighted by Crippen LogP contribution is 2.52. The van der Waals surface area contributed by atoms with Gasteiger partial charge in [0.25, 0.3) is 0 Å². The Morgan fingerprint density at radius 3 is 2.27 bits per heavy atom. The summed E-state index contributed by atoms with van der Waals surface area (Å²) in [5.41, 5.74) is 0. The van der Waals surface area contributed by atoms with Crippen molar-refractivity contribution < 1.29 is 4.90 Å². The van der Waals surface area contributed by atoms with E-state index >= 15 is 0 Å². The first-order valence-electron chi connectivity index (χ1n) is 4.40. The fourth-order valence-corrected chi connectivity index (χ4v) is 2.45. The van der Waals surface area contributed by atoms with Gasteiger partial charge in [0, 0.05) is 18.8 Å². The molecule has 0 aromatic rings. The highest BCUT2D eigenvalue weighted by molar-refractivity contribution is 6.50. The Labute approximate surface area is 77.6 Å². The minimum absolute atomic E-state index is 0.352. The average Bonchev–Trinajstić information content (AvgIpc) is 2.42. The van der Waals surface area contributed by atoms with Crippen molar-refractivity contribution in [3.63, 3.8) is 0 Å². The van der Waals surface area contributed by atoms with Crippen molar-refractivity contribution in [2.24, 2.45) is 5.92 Å². The molecule has 1 aliphatic carbocycles. The first-order valence-corrected chi connectivity index (χ1v) is 5.15. The van der Waals surface area contributed by atoms with Gasteiger partial charge >= 0.3 is 0 Å². The molecular weight excluding hydrogens is 181 g/mol. The van der Waals surface area contributed by atoms with E-state index in [9.17, 15) is 0 Å². The zero-order valence-electron chi connectivity index (χ0n) is 6.58. The molecule has 0 radical (unpaired) electrons. The summed E-state index contributed by atoms with van der Waals surface area (Å²) in [7, 11) is 0. The molecule has 11 heavy (non-hydrogen) atoms. The van der Waals surface area contributed by atoms with E-state index in [0.29, 0.717) is 5.92 Å². The second-order valence-electron chi connectivity index (χ2n) is 3.82. The zero-order chi connectivity index (χ0) is 7.90. The fourth-order valence-electron chi connectivity index (χ4n) is 1.92. The molecule has 0 bridgehead atoms. The number of hydrogen-bond donors (Lipinski definition) is 1. The number of likely N-dealkylation sites (tertiary alicyclic amines) is 1. The van der Waals surface area contributed by atoms with Crippen LogP contribution in [0.4, 0.5) is 0 Å². The smallest absolute Gasteiger partial charge is 0.127 e. The van der Waals surface area contributed by atoms with Gasteiger partial charge in [-0.05, 0) is 6.42 Å². The van der Waals surface area contributed by atoms with Gasteiger partial charge in [0.1, 0.15) is 4.33 Å². The predicted molar refractivity (Wildman–Crippen MR) is 47.3 cm³/mol. The molecule has 1 saturated carbocycles. The summed E-state index contributed by atoms with van der Waals surface area (Å²) in [5.74, 6) is 0.582. The average molecular weight is 195 g/mol. The molecule has 1 atom stereocenters. The lowest BCUT2D eigenvalue weighted by molar-refractivity contribution is -0.889. The normalized spacial score (nSPS) is 36.0. The summed E-state index contributed by atoms with van der Waals surface area (Å²) in [6.45, 7) is 3.87. The van der Waals surface area contributed by atoms with Crippen molar-refractivity contribution in [3.8, 4) is 0 Å². The molecule has 3 heteroatoms. The Morgan fingerprint density at radius 1 is 1.27 bits per heavy atom. The Morgan fingerprint density at radius 2 is 1.82 bits per heavy atom. The number of nitrogens with one attached hydrogen (secondary N) is 1. The van der Waals surface area contributed by atoms with Gasteiger partial charge in [-0.2, -0.15) is 0 Å². The summed E-state index contributed by atoms with van der Waals surface area (Å²) < 4.78 is -0.352. The van der Waals surface area contributed by atoms with E-state index in [4.69, 9.17) is 23.2 Å². The standard InChI is InChI=1S/C8H13Cl2N/c9-8(10)5-7(8)6-11-3-1-2-4-11/h7H,1-6H2/p+1/t7-/m0/s1. The van der Waals surface area contributed by atoms with Gasteiger partial charge in [0.15, 0.2) is 0 Å². The quantitative estimate of drug-likeness (QED) is 0.623. The minimum atomic E-state index is -0.352. The van der Waals surface area contributed by atoms with E-state index < -0.39 is 0 Å². The predicted octanol–water partition coefficient (Wildman–Crippen LogP) is 0.859. The molecule has 1 saturated heterocycles. The van der Waals surface area contributed by atoms with E-state index in [2.05, 4.69) is 0 Å². The van der Waals surface area contributed by atoms with Gasteiger partial charge in [0.05, 0.1) is 19.6 Å². The van der Waals surface area contributed by atoms with Crippen LogP contribution < -0.4 is 4.90 Å². The SMILES string of the molecule is ClC1(Cl)C[C@H]1C[NH+]1CCCC1. The first kappa shape index (κ1) is 8.15. The van der Waals surface area contributed by atoms with Crippen molar-refractivity contribution >= 4 is 23.2 Å². The number of halogens is 2. The molecule has 1 aliphatic heterocycles. The Kier molecular flexibility index (Phi) is 2.07. The van der Waals surface area contributed by atoms with E-state index in [1.165, 1.54) is 32.5 Å². The minimum Gasteiger partial charge on any atom is -0.335 e. The Balaban J connectivity index is 1.75. The van der Waals surface area contributed by atoms with E-state index in [-0.39, 0.29) is 4.33 Å². The number of hydrogen-bond acceptors (Lipinski definition) is 0. The lowest BCUT2D eigenvalue weighted by Gasteiger charge is -2.11. The van der Waals surface area contributed by atoms with Crippen LogP contribution in [-0.2, 0) is 0 Å². The van der Waals surface area contributed by atoms with Gasteiger partial charge in [-0.1, -0.05) is 0 Å². The second-order valence-corrected chi connectivity index (χ2v) is 5.37. The fraction of sp³-hybridized carbons (Fsp3) is 1.00. The maximum absolute atomic E-state index is 5.94. The number of rotatable bonds is 2. The topological polar surface area (TPSA) is 4.44 Å². The van der Waals surface area contributed by atoms with Gasteiger partial charge in [-0.3, -0.25) is 0 Å². The summed E-state index contributed by atoms with van der Waals surface area (Å²) in [6.07, 6.45) is 3.79. The molecule has 0 aromatic heterocycles. The molecule has 0 unspecified atom stereocenters. The van der Waals surface area contributed by atoms with Crippen molar-refractivity contribution in [1.82, 2.24) is 0 Å². The van der Waals surface area contributed by atoms with Crippen LogP contribution in [0.2, 0.25) is 0 Å². The monoisotopic (exact) mass is 194 g/mol. The van der Waals surface area contributed by atoms with Crippen molar-refractivity contribution in [2.75, 3.05) is 19.6 Å². The Bertz CT molecular complexity index is 149. The second kappa shape index (κ2) is 2.79. The molecule has 2 rings (SSSR count). The lowest BCUT2D eigenvalue weighted by Crippen LogP contribution is -3.10. The molecule has 1 N–H and O–H groups in total. The Hall–Kier alpha value is 0.540. The van der Waals surface area contributed by atoms with Crippen LogP contribution in [0.3, 0.4) is 0 Å². The van der Waals surface area contributed by atoms with Crippen LogP contribution in [0.25, 0.3) is 0 Å². The maximum Gasteiger partial charge on any atom is 0.127 e. The van der Waals surface area contributed by atoms with Gasteiger partial charge in [-0.15, -0.1) is 23.2 Å². The first-order chi connectivity index (χ1) is 5.18. The summed E-state index contributed by atoms with van der Waals surface area (Å²) in [4.78, 5) is 1.71. The molecule has 1 nitrogen and oxygen atoms in total. The van der Waals surface area contributed by atoms with Crippen LogP contribution >= 0.6 is 23.2 Å². The van der Waals surface area contributed by atoms with Crippen molar-refractivity contribution in [1.29, 1.82) is 0 Å². The molecular formula is C8H14Cl2N+. The van der Waals surface area contributed by atoms with E-state index in [1.54, 1.807) is 4.90 Å². The largest absolute Gasteiger partial charge is 0.335 e. The van der Waals surface area contributed by atoms with Crippen LogP contribution in [-0.4, -0.2) is 24.0 Å². The van der Waals surface area contributed by atoms with Crippen molar-refractivity contribution in [3.05, 3.63) is 0 Å². The molecule has 0 amide bonds. The van der Waals surface area contributed by atoms with Crippen LogP contribution in [0.5, 0.6) is 0 Å². The maximum atomic E-state index is 5.94. The lowest BCUT2D eigenvalue weighted by atomic mass is 10.4. The van der Waals surface area contributed by atoms with E-state index in [0.717, 1.165) is 6.42 Å². The van der Waals surface area contributed by atoms with Crippen LogP contribution in [0.15, 0.2) is 0 Å². The van der Waals surface area contributed by atoms with Gasteiger partial charge in [0.2, 0.25) is 0 Å². The van der Waals surface area contributed by atoms with Crippen LogP contribution in [0.1, 0.15) is 19.3 Å². The molecule has 0 aromatic carbocycles. The molecule has 0 spiro atoms. The molecule has 2 fully saturated rings. The molecule has 2 aliphatic rings.